The first-order valence-electron chi connectivity index (χ1n) is 11.1. The summed E-state index contributed by atoms with van der Waals surface area (Å²) in [6, 6.07) is 15.9. The number of hydrogen-bond donors (Lipinski definition) is 2. The van der Waals surface area contributed by atoms with Crippen molar-refractivity contribution < 1.29 is 14.3 Å². The molecule has 1 aliphatic heterocycles. The second kappa shape index (κ2) is 10.8. The van der Waals surface area contributed by atoms with Gasteiger partial charge in [-0.25, -0.2) is 0 Å². The summed E-state index contributed by atoms with van der Waals surface area (Å²) in [5.74, 6) is 0.434. The fourth-order valence-electron chi connectivity index (χ4n) is 3.84. The number of aryl methyl sites for hydroxylation is 1. The molecule has 6 heteroatoms. The minimum atomic E-state index is -0.643. The van der Waals surface area contributed by atoms with E-state index in [9.17, 15) is 9.59 Å². The van der Waals surface area contributed by atoms with Gasteiger partial charge in [0.05, 0.1) is 18.8 Å². The number of rotatable bonds is 9. The highest BCUT2D eigenvalue weighted by molar-refractivity contribution is 5.86. The van der Waals surface area contributed by atoms with E-state index in [2.05, 4.69) is 43.5 Å². The maximum Gasteiger partial charge on any atom is 0.263 e. The molecule has 1 unspecified atom stereocenters. The summed E-state index contributed by atoms with van der Waals surface area (Å²) in [4.78, 5) is 27.3. The zero-order valence-corrected chi connectivity index (χ0v) is 18.7. The van der Waals surface area contributed by atoms with E-state index in [-0.39, 0.29) is 24.4 Å². The molecule has 2 amide bonds. The summed E-state index contributed by atoms with van der Waals surface area (Å²) < 4.78 is 5.96. The first-order valence-corrected chi connectivity index (χ1v) is 11.1. The normalized spacial score (nSPS) is 15.2. The zero-order chi connectivity index (χ0) is 22.2. The Morgan fingerprint density at radius 3 is 2.55 bits per heavy atom. The zero-order valence-electron chi connectivity index (χ0n) is 18.7. The van der Waals surface area contributed by atoms with E-state index in [1.807, 2.05) is 41.3 Å². The van der Waals surface area contributed by atoms with Gasteiger partial charge in [-0.2, -0.15) is 0 Å². The van der Waals surface area contributed by atoms with Crippen molar-refractivity contribution in [3.05, 3.63) is 59.7 Å². The van der Waals surface area contributed by atoms with E-state index in [0.717, 1.165) is 24.9 Å². The number of hydrogen-bond acceptors (Lipinski definition) is 4. The number of nitrogens with zero attached hydrogens (tertiary/aromatic N) is 1. The van der Waals surface area contributed by atoms with Crippen molar-refractivity contribution in [2.75, 3.05) is 24.5 Å². The Morgan fingerprint density at radius 1 is 1.10 bits per heavy atom. The van der Waals surface area contributed by atoms with Crippen molar-refractivity contribution >= 4 is 17.5 Å². The van der Waals surface area contributed by atoms with E-state index in [1.54, 1.807) is 0 Å². The van der Waals surface area contributed by atoms with Crippen LogP contribution in [0.15, 0.2) is 48.5 Å². The molecular formula is C25H33N3O3. The van der Waals surface area contributed by atoms with Crippen molar-refractivity contribution in [1.82, 2.24) is 10.6 Å². The molecule has 2 aromatic carbocycles. The predicted molar refractivity (Wildman–Crippen MR) is 123 cm³/mol. The van der Waals surface area contributed by atoms with Gasteiger partial charge in [0.1, 0.15) is 5.75 Å². The molecule has 166 valence electrons. The van der Waals surface area contributed by atoms with Crippen LogP contribution < -0.4 is 20.3 Å². The second-order valence-corrected chi connectivity index (χ2v) is 8.00. The molecule has 0 fully saturated rings. The maximum absolute atomic E-state index is 12.8. The predicted octanol–water partition coefficient (Wildman–Crippen LogP) is 3.23. The van der Waals surface area contributed by atoms with E-state index < -0.39 is 6.10 Å². The third-order valence-electron chi connectivity index (χ3n) is 5.80. The number of nitrogens with one attached hydrogen (secondary N) is 2. The van der Waals surface area contributed by atoms with Gasteiger partial charge in [-0.1, -0.05) is 50.2 Å². The van der Waals surface area contributed by atoms with Crippen molar-refractivity contribution in [1.29, 1.82) is 0 Å². The molecule has 6 nitrogen and oxygen atoms in total. The number of carbonyl (C=O) groups is 2. The number of benzene rings is 2. The number of ether oxygens (including phenoxy) is 1. The highest BCUT2D eigenvalue weighted by Crippen LogP contribution is 2.32. The molecule has 0 bridgehead atoms. The average Bonchev–Trinajstić information content (AvgIpc) is 2.78. The topological polar surface area (TPSA) is 70.7 Å². The van der Waals surface area contributed by atoms with Gasteiger partial charge in [0, 0.05) is 12.6 Å². The van der Waals surface area contributed by atoms with Gasteiger partial charge in [-0.05, 0) is 49.4 Å². The lowest BCUT2D eigenvalue weighted by molar-refractivity contribution is -0.129. The summed E-state index contributed by atoms with van der Waals surface area (Å²) >= 11 is 0. The Bertz CT molecular complexity index is 895. The molecule has 0 aromatic heterocycles. The lowest BCUT2D eigenvalue weighted by Crippen LogP contribution is -2.52. The molecule has 1 heterocycles. The van der Waals surface area contributed by atoms with Gasteiger partial charge in [-0.3, -0.25) is 9.59 Å². The van der Waals surface area contributed by atoms with E-state index in [1.165, 1.54) is 11.1 Å². The van der Waals surface area contributed by atoms with Crippen LogP contribution in [0.5, 0.6) is 5.75 Å². The molecular weight excluding hydrogens is 390 g/mol. The third kappa shape index (κ3) is 6.00. The third-order valence-corrected chi connectivity index (χ3v) is 5.80. The van der Waals surface area contributed by atoms with Crippen LogP contribution in [-0.2, 0) is 16.0 Å². The Balaban J connectivity index is 1.61. The lowest BCUT2D eigenvalue weighted by Gasteiger charge is -2.35. The highest BCUT2D eigenvalue weighted by atomic mass is 16.5. The van der Waals surface area contributed by atoms with Crippen LogP contribution in [0.4, 0.5) is 5.69 Å². The molecule has 2 aromatic rings. The molecule has 1 atom stereocenters. The minimum absolute atomic E-state index is 0.0653. The van der Waals surface area contributed by atoms with Crippen LogP contribution in [-0.4, -0.2) is 43.6 Å². The number of amides is 2. The number of fused-ring (bicyclic) bond motifs is 1. The quantitative estimate of drug-likeness (QED) is 0.650. The van der Waals surface area contributed by atoms with Crippen LogP contribution in [0, 0.1) is 6.92 Å². The Labute approximate surface area is 185 Å². The van der Waals surface area contributed by atoms with Crippen LogP contribution in [0.25, 0.3) is 0 Å². The first kappa shape index (κ1) is 22.7. The molecule has 0 radical (unpaired) electrons. The van der Waals surface area contributed by atoms with Crippen LogP contribution in [0.2, 0.25) is 0 Å². The van der Waals surface area contributed by atoms with Gasteiger partial charge in [0.15, 0.2) is 6.10 Å². The van der Waals surface area contributed by atoms with Crippen LogP contribution in [0.1, 0.15) is 37.8 Å². The van der Waals surface area contributed by atoms with Gasteiger partial charge in [-0.15, -0.1) is 0 Å². The number of anilines is 1. The molecule has 0 spiro atoms. The monoisotopic (exact) mass is 423 g/mol. The summed E-state index contributed by atoms with van der Waals surface area (Å²) in [7, 11) is 0. The second-order valence-electron chi connectivity index (χ2n) is 8.00. The average molecular weight is 424 g/mol. The molecule has 2 N–H and O–H groups in total. The van der Waals surface area contributed by atoms with Gasteiger partial charge >= 0.3 is 0 Å². The highest BCUT2D eigenvalue weighted by Gasteiger charge is 2.32. The Hall–Kier alpha value is -3.02. The molecule has 0 aliphatic carbocycles. The van der Waals surface area contributed by atoms with Crippen molar-refractivity contribution in [2.24, 2.45) is 0 Å². The molecule has 0 saturated carbocycles. The number of carbonyl (C=O) groups excluding carboxylic acids is 2. The molecule has 3 rings (SSSR count). The Kier molecular flexibility index (Phi) is 7.93. The van der Waals surface area contributed by atoms with Gasteiger partial charge in [0.2, 0.25) is 5.91 Å². The fourth-order valence-corrected chi connectivity index (χ4v) is 3.84. The SMILES string of the molecule is CCC(CC)NC(=O)C1CN(CC(=O)NCCc2ccccc2C)c2ccccc2O1. The maximum atomic E-state index is 12.8. The lowest BCUT2D eigenvalue weighted by atomic mass is 10.1. The largest absolute Gasteiger partial charge is 0.477 e. The van der Waals surface area contributed by atoms with E-state index in [4.69, 9.17) is 4.74 Å². The number of para-hydroxylation sites is 2. The summed E-state index contributed by atoms with van der Waals surface area (Å²) in [5.41, 5.74) is 3.30. The van der Waals surface area contributed by atoms with Gasteiger partial charge < -0.3 is 20.3 Å². The smallest absolute Gasteiger partial charge is 0.263 e. The molecule has 31 heavy (non-hydrogen) atoms. The molecule has 0 saturated heterocycles. The van der Waals surface area contributed by atoms with Crippen molar-refractivity contribution in [3.8, 4) is 5.75 Å². The standard InChI is InChI=1S/C25H33N3O3/c1-4-20(5-2)27-25(30)23-16-28(21-12-8-9-13-22(21)31-23)17-24(29)26-15-14-19-11-7-6-10-18(19)3/h6-13,20,23H,4-5,14-17H2,1-3H3,(H,26,29)(H,27,30). The van der Waals surface area contributed by atoms with Crippen molar-refractivity contribution in [2.45, 2.75) is 52.2 Å². The van der Waals surface area contributed by atoms with E-state index in [0.29, 0.717) is 18.8 Å². The minimum Gasteiger partial charge on any atom is -0.477 e. The summed E-state index contributed by atoms with van der Waals surface area (Å²) in [6.07, 6.45) is 1.89. The summed E-state index contributed by atoms with van der Waals surface area (Å²) in [6.45, 7) is 7.29. The summed E-state index contributed by atoms with van der Waals surface area (Å²) in [5, 5.41) is 6.07. The first-order chi connectivity index (χ1) is 15.0. The van der Waals surface area contributed by atoms with Gasteiger partial charge in [0.25, 0.3) is 5.91 Å². The fraction of sp³-hybridized carbons (Fsp3) is 0.440. The molecule has 1 aliphatic rings. The van der Waals surface area contributed by atoms with Crippen LogP contribution >= 0.6 is 0 Å². The van der Waals surface area contributed by atoms with Crippen LogP contribution in [0.3, 0.4) is 0 Å². The van der Waals surface area contributed by atoms with Crippen molar-refractivity contribution in [3.63, 3.8) is 0 Å². The van der Waals surface area contributed by atoms with E-state index >= 15 is 0 Å². The Morgan fingerprint density at radius 2 is 1.81 bits per heavy atom.